The van der Waals surface area contributed by atoms with Crippen molar-refractivity contribution in [2.45, 2.75) is 0 Å². The molecule has 7 nitrogen and oxygen atoms in total. The van der Waals surface area contributed by atoms with E-state index < -0.39 is 11.6 Å². The average molecular weight is 142 g/mol. The largest absolute Gasteiger partial charge is 0.410 e. The van der Waals surface area contributed by atoms with Gasteiger partial charge in [0.05, 0.1) is 0 Å². The molecule has 0 aliphatic heterocycles. The van der Waals surface area contributed by atoms with Gasteiger partial charge in [0.1, 0.15) is 6.07 Å². The first kappa shape index (κ1) is 8.03. The van der Waals surface area contributed by atoms with Crippen molar-refractivity contribution < 1.29 is 15.2 Å². The third kappa shape index (κ3) is 1.87. The highest BCUT2D eigenvalue weighted by Gasteiger charge is 2.09. The van der Waals surface area contributed by atoms with E-state index in [1.54, 1.807) is 0 Å². The fourth-order valence-corrected chi connectivity index (χ4v) is 0.201. The molecule has 0 rings (SSSR count). The van der Waals surface area contributed by atoms with E-state index in [9.17, 15) is 4.79 Å². The van der Waals surface area contributed by atoms with E-state index in [0.717, 1.165) is 0 Å². The topological polar surface area (TPSA) is 118 Å². The summed E-state index contributed by atoms with van der Waals surface area (Å²) >= 11 is 0. The van der Waals surface area contributed by atoms with Crippen molar-refractivity contribution in [1.82, 2.24) is 0 Å². The highest BCUT2D eigenvalue weighted by molar-refractivity contribution is 6.45. The van der Waals surface area contributed by atoms with Crippen molar-refractivity contribution in [1.29, 1.82) is 5.26 Å². The molecule has 10 heavy (non-hydrogen) atoms. The molecule has 52 valence electrons. The van der Waals surface area contributed by atoms with Crippen LogP contribution in [0.5, 0.6) is 0 Å². The van der Waals surface area contributed by atoms with Crippen LogP contribution in [0.4, 0.5) is 0 Å². The lowest BCUT2D eigenvalue weighted by Gasteiger charge is -1.80. The second kappa shape index (κ2) is 3.96. The molecule has 0 atom stereocenters. The van der Waals surface area contributed by atoms with Gasteiger partial charge >= 0.3 is 5.91 Å². The van der Waals surface area contributed by atoms with Crippen LogP contribution in [-0.2, 0) is 4.79 Å². The zero-order chi connectivity index (χ0) is 7.98. The molecule has 7 heteroatoms. The summed E-state index contributed by atoms with van der Waals surface area (Å²) in [4.78, 5) is 10.3. The number of nitrogens with zero attached hydrogens (tertiary/aromatic N) is 4. The number of rotatable bonds is 1. The van der Waals surface area contributed by atoms with E-state index in [2.05, 4.69) is 15.5 Å². The number of hydrogen-bond acceptors (Lipinski definition) is 5. The van der Waals surface area contributed by atoms with Crippen molar-refractivity contribution in [2.75, 3.05) is 0 Å². The second-order valence-corrected chi connectivity index (χ2v) is 1.06. The summed E-state index contributed by atoms with van der Waals surface area (Å²) in [5.74, 6) is -1.20. The normalized spacial score (nSPS) is 11.3. The summed E-state index contributed by atoms with van der Waals surface area (Å²) in [5, 5.41) is 30.4. The van der Waals surface area contributed by atoms with Crippen molar-refractivity contribution in [3.05, 3.63) is 0 Å². The molecule has 0 spiro atoms. The van der Waals surface area contributed by atoms with Crippen LogP contribution in [0.1, 0.15) is 0 Å². The van der Waals surface area contributed by atoms with E-state index in [0.29, 0.717) is 0 Å². The predicted octanol–water partition coefficient (Wildman–Crippen LogP) is -0.292. The van der Waals surface area contributed by atoms with Gasteiger partial charge in [-0.25, -0.2) is 0 Å². The zero-order valence-corrected chi connectivity index (χ0v) is 4.59. The molecule has 0 heterocycles. The SMILES string of the molecule is N#C/C(=N\O)C(=O)/N=N/O. The molecular formula is C3H2N4O3. The van der Waals surface area contributed by atoms with E-state index >= 15 is 0 Å². The molecule has 0 aromatic carbocycles. The van der Waals surface area contributed by atoms with Gasteiger partial charge in [-0.15, -0.1) is 0 Å². The molecule has 0 unspecified atom stereocenters. The van der Waals surface area contributed by atoms with Gasteiger partial charge in [-0.1, -0.05) is 10.3 Å². The van der Waals surface area contributed by atoms with Gasteiger partial charge in [-0.3, -0.25) is 4.79 Å². The van der Waals surface area contributed by atoms with Crippen LogP contribution < -0.4 is 0 Å². The Hall–Kier alpha value is -1.97. The highest BCUT2D eigenvalue weighted by atomic mass is 16.5. The first-order chi connectivity index (χ1) is 4.76. The lowest BCUT2D eigenvalue weighted by Crippen LogP contribution is -2.07. The molecule has 0 saturated carbocycles. The molecule has 0 radical (unpaired) electrons. The summed E-state index contributed by atoms with van der Waals surface area (Å²) < 4.78 is 0. The Bertz CT molecular complexity index is 224. The first-order valence-corrected chi connectivity index (χ1v) is 1.97. The third-order valence-corrected chi connectivity index (χ3v) is 0.544. The van der Waals surface area contributed by atoms with Crippen molar-refractivity contribution >= 4 is 11.6 Å². The average Bonchev–Trinajstić information content (AvgIpc) is 1.91. The number of oxime groups is 1. The quantitative estimate of drug-likeness (QED) is 0.226. The van der Waals surface area contributed by atoms with Crippen LogP contribution in [0.15, 0.2) is 15.5 Å². The Morgan fingerprint density at radius 1 is 1.50 bits per heavy atom. The van der Waals surface area contributed by atoms with Crippen LogP contribution in [0.2, 0.25) is 0 Å². The fourth-order valence-electron chi connectivity index (χ4n) is 0.201. The van der Waals surface area contributed by atoms with Crippen molar-refractivity contribution in [3.8, 4) is 6.07 Å². The zero-order valence-electron chi connectivity index (χ0n) is 4.59. The van der Waals surface area contributed by atoms with Gasteiger partial charge in [-0.2, -0.15) is 5.26 Å². The van der Waals surface area contributed by atoms with Gasteiger partial charge in [0, 0.05) is 5.28 Å². The maximum atomic E-state index is 10.3. The lowest BCUT2D eigenvalue weighted by molar-refractivity contribution is -0.112. The highest BCUT2D eigenvalue weighted by Crippen LogP contribution is 1.81. The van der Waals surface area contributed by atoms with Crippen LogP contribution >= 0.6 is 0 Å². The van der Waals surface area contributed by atoms with Crippen molar-refractivity contribution in [3.63, 3.8) is 0 Å². The van der Waals surface area contributed by atoms with E-state index in [-0.39, 0.29) is 0 Å². The van der Waals surface area contributed by atoms with E-state index in [4.69, 9.17) is 15.7 Å². The van der Waals surface area contributed by atoms with Gasteiger partial charge in [0.15, 0.2) is 0 Å². The lowest BCUT2D eigenvalue weighted by atomic mass is 10.4. The third-order valence-electron chi connectivity index (χ3n) is 0.544. The number of carbonyl (C=O) groups is 1. The summed E-state index contributed by atoms with van der Waals surface area (Å²) in [5.41, 5.74) is -0.835. The number of carbonyl (C=O) groups excluding carboxylic acids is 1. The maximum Gasteiger partial charge on any atom is 0.331 e. The van der Waals surface area contributed by atoms with Crippen LogP contribution in [0.3, 0.4) is 0 Å². The standard InChI is InChI=1S/C3H2N4O3/c4-1-2(6-9)3(8)5-7-10/h9H,(H,5,8,10)/b6-2+. The predicted molar refractivity (Wildman–Crippen MR) is 26.5 cm³/mol. The number of amides is 1. The Balaban J connectivity index is 4.37. The summed E-state index contributed by atoms with van der Waals surface area (Å²) in [6.07, 6.45) is 0. The van der Waals surface area contributed by atoms with Crippen LogP contribution in [0.25, 0.3) is 0 Å². The Morgan fingerprint density at radius 3 is 2.40 bits per heavy atom. The number of nitriles is 1. The molecule has 0 aromatic rings. The van der Waals surface area contributed by atoms with Gasteiger partial charge in [0.2, 0.25) is 5.71 Å². The molecule has 0 aromatic heterocycles. The fraction of sp³-hybridized carbons (Fsp3) is 0. The van der Waals surface area contributed by atoms with Crippen LogP contribution in [-0.4, -0.2) is 22.0 Å². The summed E-state index contributed by atoms with van der Waals surface area (Å²) in [7, 11) is 0. The summed E-state index contributed by atoms with van der Waals surface area (Å²) in [6, 6.07) is 1.22. The van der Waals surface area contributed by atoms with Gasteiger partial charge < -0.3 is 10.4 Å². The maximum absolute atomic E-state index is 10.3. The van der Waals surface area contributed by atoms with Crippen LogP contribution in [0, 0.1) is 11.3 Å². The molecule has 1 amide bonds. The van der Waals surface area contributed by atoms with Crippen molar-refractivity contribution in [2.24, 2.45) is 15.5 Å². The molecule has 2 N–H and O–H groups in total. The van der Waals surface area contributed by atoms with Gasteiger partial charge in [-0.05, 0) is 0 Å². The molecule has 0 saturated heterocycles. The summed E-state index contributed by atoms with van der Waals surface area (Å²) in [6.45, 7) is 0. The monoisotopic (exact) mass is 142 g/mol. The molecular weight excluding hydrogens is 140 g/mol. The molecule has 0 aliphatic carbocycles. The minimum Gasteiger partial charge on any atom is -0.410 e. The van der Waals surface area contributed by atoms with E-state index in [1.165, 1.54) is 6.07 Å². The molecule has 0 aliphatic rings. The minimum atomic E-state index is -1.20. The second-order valence-electron chi connectivity index (χ2n) is 1.06. The molecule has 0 bridgehead atoms. The molecule has 0 fully saturated rings. The minimum absolute atomic E-state index is 0.835. The van der Waals surface area contributed by atoms with E-state index in [1.807, 2.05) is 0 Å². The van der Waals surface area contributed by atoms with Gasteiger partial charge in [0.25, 0.3) is 0 Å². The number of hydrogen-bond donors (Lipinski definition) is 2. The Kier molecular flexibility index (Phi) is 3.18. The Morgan fingerprint density at radius 2 is 2.10 bits per heavy atom. The Labute approximate surface area is 54.9 Å². The first-order valence-electron chi connectivity index (χ1n) is 1.97. The smallest absolute Gasteiger partial charge is 0.331 e.